The minimum atomic E-state index is -4.50. The predicted octanol–water partition coefficient (Wildman–Crippen LogP) is 6.64. The summed E-state index contributed by atoms with van der Waals surface area (Å²) in [6.07, 6.45) is -1.31. The lowest BCUT2D eigenvalue weighted by molar-refractivity contribution is -0.158. The van der Waals surface area contributed by atoms with Crippen LogP contribution in [0.15, 0.2) is 85.1 Å². The summed E-state index contributed by atoms with van der Waals surface area (Å²) in [5.74, 6) is -2.18. The summed E-state index contributed by atoms with van der Waals surface area (Å²) in [6, 6.07) is 19.2. The molecule has 2 amide bonds. The number of aryl methyl sites for hydroxylation is 1. The summed E-state index contributed by atoms with van der Waals surface area (Å²) in [6.45, 7) is 1.60. The molecule has 1 aliphatic rings. The fraction of sp³-hybridized carbons (Fsp3) is 0.289. The number of pyridine rings is 1. The van der Waals surface area contributed by atoms with Gasteiger partial charge < -0.3 is 19.7 Å². The van der Waals surface area contributed by atoms with Crippen molar-refractivity contribution in [2.24, 2.45) is 0 Å². The second-order valence-corrected chi connectivity index (χ2v) is 12.2. The second-order valence-electron chi connectivity index (χ2n) is 12.2. The highest BCUT2D eigenvalue weighted by Gasteiger charge is 2.47. The number of rotatable bonds is 10. The summed E-state index contributed by atoms with van der Waals surface area (Å²) < 4.78 is 50.5. The third-order valence-electron chi connectivity index (χ3n) is 8.55. The standard InChI is InChI=1S/C38H36F3N3O6/c1-4-49-36(48)37(19-7-9-26-10-8-20-42-33(26)37)23-50-32(45)22-24-13-18-31(30(21-24)35(47)44(2)3)43-34(46)29-12-6-5-11-28(29)25-14-16-27(17-15-25)38(39,40)41/h5-6,8,10-18,20-21H,4,7,9,19,22-23H2,1-3H3,(H,43,46). The van der Waals surface area contributed by atoms with E-state index in [0.717, 1.165) is 24.1 Å². The average molecular weight is 688 g/mol. The van der Waals surface area contributed by atoms with Crippen LogP contribution in [0.2, 0.25) is 0 Å². The molecular weight excluding hydrogens is 651 g/mol. The maximum Gasteiger partial charge on any atom is 0.416 e. The Morgan fingerprint density at radius 3 is 2.36 bits per heavy atom. The zero-order valence-electron chi connectivity index (χ0n) is 27.8. The van der Waals surface area contributed by atoms with Gasteiger partial charge in [-0.05, 0) is 84.8 Å². The highest BCUT2D eigenvalue weighted by molar-refractivity contribution is 6.11. The maximum absolute atomic E-state index is 13.6. The monoisotopic (exact) mass is 687 g/mol. The number of esters is 2. The van der Waals surface area contributed by atoms with E-state index in [-0.39, 0.29) is 36.4 Å². The molecule has 9 nitrogen and oxygen atoms in total. The van der Waals surface area contributed by atoms with Gasteiger partial charge in [0.2, 0.25) is 0 Å². The number of nitrogens with zero attached hydrogens (tertiary/aromatic N) is 2. The summed E-state index contributed by atoms with van der Waals surface area (Å²) in [7, 11) is 3.08. The van der Waals surface area contributed by atoms with Gasteiger partial charge in [0.15, 0.2) is 0 Å². The second kappa shape index (κ2) is 14.9. The smallest absolute Gasteiger partial charge is 0.416 e. The molecule has 0 bridgehead atoms. The Hall–Kier alpha value is -5.52. The van der Waals surface area contributed by atoms with Crippen molar-refractivity contribution in [2.75, 3.05) is 32.6 Å². The molecule has 0 saturated carbocycles. The number of hydrogen-bond donors (Lipinski definition) is 1. The Morgan fingerprint density at radius 2 is 1.66 bits per heavy atom. The molecule has 3 aromatic carbocycles. The number of carbonyl (C=O) groups excluding carboxylic acids is 4. The third-order valence-corrected chi connectivity index (χ3v) is 8.55. The Bertz CT molecular complexity index is 1910. The van der Waals surface area contributed by atoms with Crippen molar-refractivity contribution in [3.05, 3.63) is 119 Å². The summed E-state index contributed by atoms with van der Waals surface area (Å²) in [5.41, 5.74) is 1.06. The van der Waals surface area contributed by atoms with E-state index in [4.69, 9.17) is 9.47 Å². The molecule has 1 unspecified atom stereocenters. The number of alkyl halides is 3. The number of carbonyl (C=O) groups is 4. The van der Waals surface area contributed by atoms with Crippen LogP contribution in [-0.4, -0.2) is 60.9 Å². The first-order valence-electron chi connectivity index (χ1n) is 16.0. The topological polar surface area (TPSA) is 115 Å². The Morgan fingerprint density at radius 1 is 0.920 bits per heavy atom. The number of halogens is 3. The van der Waals surface area contributed by atoms with Gasteiger partial charge in [-0.1, -0.05) is 42.5 Å². The van der Waals surface area contributed by atoms with E-state index in [1.165, 1.54) is 35.2 Å². The minimum absolute atomic E-state index is 0.106. The van der Waals surface area contributed by atoms with Crippen LogP contribution in [0, 0.1) is 0 Å². The number of aromatic nitrogens is 1. The van der Waals surface area contributed by atoms with E-state index in [0.29, 0.717) is 35.2 Å². The van der Waals surface area contributed by atoms with E-state index in [2.05, 4.69) is 10.3 Å². The summed E-state index contributed by atoms with van der Waals surface area (Å²) >= 11 is 0. The van der Waals surface area contributed by atoms with Crippen molar-refractivity contribution in [3.63, 3.8) is 0 Å². The number of anilines is 1. The fourth-order valence-electron chi connectivity index (χ4n) is 6.05. The van der Waals surface area contributed by atoms with Gasteiger partial charge in [-0.25, -0.2) is 0 Å². The molecule has 260 valence electrons. The van der Waals surface area contributed by atoms with Gasteiger partial charge in [-0.3, -0.25) is 24.2 Å². The first-order valence-corrected chi connectivity index (χ1v) is 16.0. The Kier molecular flexibility index (Phi) is 10.7. The normalized spacial score (nSPS) is 15.4. The van der Waals surface area contributed by atoms with Crippen LogP contribution in [-0.2, 0) is 43.5 Å². The molecule has 0 saturated heterocycles. The van der Waals surface area contributed by atoms with Crippen LogP contribution in [0.1, 0.15) is 62.9 Å². The van der Waals surface area contributed by atoms with Crippen molar-refractivity contribution in [1.29, 1.82) is 0 Å². The number of amides is 2. The number of fused-ring (bicyclic) bond motifs is 1. The van der Waals surface area contributed by atoms with Gasteiger partial charge >= 0.3 is 18.1 Å². The van der Waals surface area contributed by atoms with Crippen molar-refractivity contribution in [1.82, 2.24) is 9.88 Å². The van der Waals surface area contributed by atoms with Gasteiger partial charge in [0.25, 0.3) is 11.8 Å². The highest BCUT2D eigenvalue weighted by Crippen LogP contribution is 2.38. The molecule has 4 aromatic rings. The van der Waals surface area contributed by atoms with E-state index in [1.54, 1.807) is 57.5 Å². The van der Waals surface area contributed by atoms with Crippen LogP contribution in [0.4, 0.5) is 18.9 Å². The summed E-state index contributed by atoms with van der Waals surface area (Å²) in [4.78, 5) is 59.0. The molecule has 0 spiro atoms. The van der Waals surface area contributed by atoms with Crippen LogP contribution < -0.4 is 5.32 Å². The lowest BCUT2D eigenvalue weighted by Crippen LogP contribution is -2.46. The van der Waals surface area contributed by atoms with Gasteiger partial charge in [-0.2, -0.15) is 13.2 Å². The van der Waals surface area contributed by atoms with Crippen molar-refractivity contribution in [3.8, 4) is 11.1 Å². The van der Waals surface area contributed by atoms with E-state index >= 15 is 0 Å². The maximum atomic E-state index is 13.6. The SMILES string of the molecule is CCOC(=O)C1(COC(=O)Cc2ccc(NC(=O)c3ccccc3-c3ccc(C(F)(F)F)cc3)c(C(=O)N(C)C)c2)CCCc2cccnc21. The zero-order valence-corrected chi connectivity index (χ0v) is 27.8. The quantitative estimate of drug-likeness (QED) is 0.186. The molecule has 0 fully saturated rings. The molecule has 50 heavy (non-hydrogen) atoms. The lowest BCUT2D eigenvalue weighted by Gasteiger charge is -2.35. The van der Waals surface area contributed by atoms with Crippen molar-refractivity contribution < 1.29 is 41.8 Å². The molecule has 5 rings (SSSR count). The largest absolute Gasteiger partial charge is 0.465 e. The van der Waals surface area contributed by atoms with Gasteiger partial charge in [0, 0.05) is 25.9 Å². The van der Waals surface area contributed by atoms with Crippen LogP contribution in [0.5, 0.6) is 0 Å². The lowest BCUT2D eigenvalue weighted by atomic mass is 9.73. The number of hydrogen-bond acceptors (Lipinski definition) is 7. The molecule has 12 heteroatoms. The van der Waals surface area contributed by atoms with Gasteiger partial charge in [-0.15, -0.1) is 0 Å². The highest BCUT2D eigenvalue weighted by atomic mass is 19.4. The van der Waals surface area contributed by atoms with Crippen LogP contribution >= 0.6 is 0 Å². The van der Waals surface area contributed by atoms with E-state index in [9.17, 15) is 32.3 Å². The van der Waals surface area contributed by atoms with Crippen molar-refractivity contribution in [2.45, 2.75) is 44.2 Å². The number of nitrogens with one attached hydrogen (secondary N) is 1. The van der Waals surface area contributed by atoms with E-state index in [1.807, 2.05) is 6.07 Å². The van der Waals surface area contributed by atoms with Crippen molar-refractivity contribution >= 4 is 29.4 Å². The van der Waals surface area contributed by atoms with Crippen LogP contribution in [0.3, 0.4) is 0 Å². The Balaban J connectivity index is 1.36. The summed E-state index contributed by atoms with van der Waals surface area (Å²) in [5, 5.41) is 2.75. The Labute approximate surface area is 287 Å². The zero-order chi connectivity index (χ0) is 36.1. The molecule has 0 radical (unpaired) electrons. The molecule has 1 heterocycles. The molecule has 1 aromatic heterocycles. The first-order chi connectivity index (χ1) is 23.8. The average Bonchev–Trinajstić information content (AvgIpc) is 3.10. The molecule has 1 N–H and O–H groups in total. The molecule has 0 aliphatic heterocycles. The predicted molar refractivity (Wildman–Crippen MR) is 179 cm³/mol. The van der Waals surface area contributed by atoms with Gasteiger partial charge in [0.05, 0.1) is 35.5 Å². The van der Waals surface area contributed by atoms with E-state index < -0.39 is 40.9 Å². The first kappa shape index (κ1) is 35.8. The fourth-order valence-corrected chi connectivity index (χ4v) is 6.05. The molecular formula is C38H36F3N3O6. The minimum Gasteiger partial charge on any atom is -0.465 e. The third kappa shape index (κ3) is 7.69. The molecule has 1 atom stereocenters. The van der Waals surface area contributed by atoms with Gasteiger partial charge in [0.1, 0.15) is 12.0 Å². The number of ether oxygens (including phenoxy) is 2. The number of benzene rings is 3. The van der Waals surface area contributed by atoms with Crippen LogP contribution in [0.25, 0.3) is 11.1 Å². The molecule has 1 aliphatic carbocycles.